The molecule has 0 saturated carbocycles. The maximum absolute atomic E-state index is 12.7. The number of likely N-dealkylation sites (N-methyl/N-ethyl adjacent to an activating group) is 1. The first kappa shape index (κ1) is 17.4. The second-order valence-electron chi connectivity index (χ2n) is 6.52. The summed E-state index contributed by atoms with van der Waals surface area (Å²) < 4.78 is 32.3. The third kappa shape index (κ3) is 3.65. The zero-order valence-corrected chi connectivity index (χ0v) is 14.8. The number of nitrogens with one attached hydrogen (secondary N) is 1. The van der Waals surface area contributed by atoms with Gasteiger partial charge < -0.3 is 14.6 Å². The summed E-state index contributed by atoms with van der Waals surface area (Å²) in [4.78, 5) is 17.0. The van der Waals surface area contributed by atoms with E-state index in [1.807, 2.05) is 0 Å². The molecule has 134 valence electrons. The van der Waals surface area contributed by atoms with Crippen molar-refractivity contribution in [1.82, 2.24) is 14.2 Å². The van der Waals surface area contributed by atoms with E-state index in [4.69, 9.17) is 4.74 Å². The van der Waals surface area contributed by atoms with E-state index in [0.29, 0.717) is 18.8 Å². The highest BCUT2D eigenvalue weighted by Gasteiger charge is 2.28. The Morgan fingerprint density at radius 3 is 2.75 bits per heavy atom. The van der Waals surface area contributed by atoms with E-state index < -0.39 is 10.0 Å². The summed E-state index contributed by atoms with van der Waals surface area (Å²) in [7, 11) is -2.07. The van der Waals surface area contributed by atoms with Gasteiger partial charge >= 0.3 is 0 Å². The van der Waals surface area contributed by atoms with Crippen LogP contribution in [0.2, 0.25) is 0 Å². The topological polar surface area (TPSA) is 82.7 Å². The lowest BCUT2D eigenvalue weighted by Crippen LogP contribution is -2.37. The molecule has 0 aliphatic carbocycles. The van der Waals surface area contributed by atoms with Crippen molar-refractivity contribution in [2.45, 2.75) is 43.1 Å². The van der Waals surface area contributed by atoms with E-state index in [9.17, 15) is 13.2 Å². The second-order valence-corrected chi connectivity index (χ2v) is 8.57. The number of aromatic amines is 1. The Morgan fingerprint density at radius 2 is 2.08 bits per heavy atom. The number of rotatable bonds is 5. The number of aromatic nitrogens is 1. The second kappa shape index (κ2) is 7.25. The van der Waals surface area contributed by atoms with Crippen LogP contribution in [0.3, 0.4) is 0 Å². The van der Waals surface area contributed by atoms with Gasteiger partial charge in [-0.05, 0) is 38.2 Å². The number of amides is 1. The molecular formula is C16H25N3O4S. The zero-order chi connectivity index (χ0) is 17.2. The predicted octanol–water partition coefficient (Wildman–Crippen LogP) is 1.44. The molecule has 0 spiro atoms. The highest BCUT2D eigenvalue weighted by atomic mass is 32.2. The van der Waals surface area contributed by atoms with Gasteiger partial charge in [-0.25, -0.2) is 8.42 Å². The quantitative estimate of drug-likeness (QED) is 0.866. The molecular weight excluding hydrogens is 330 g/mol. The lowest BCUT2D eigenvalue weighted by Gasteiger charge is -2.26. The van der Waals surface area contributed by atoms with Crippen molar-refractivity contribution >= 4 is 15.9 Å². The monoisotopic (exact) mass is 355 g/mol. The summed E-state index contributed by atoms with van der Waals surface area (Å²) >= 11 is 0. The van der Waals surface area contributed by atoms with E-state index in [0.717, 1.165) is 45.2 Å². The summed E-state index contributed by atoms with van der Waals surface area (Å²) in [5.41, 5.74) is 0.331. The molecule has 7 nitrogen and oxygen atoms in total. The standard InChI is InChI=1S/C16H25N3O4S/c1-18(12-13-6-2-5-9-23-13)24(21,22)14-10-15(17-11-14)16(20)19-7-3-4-8-19/h10-11,13,17H,2-9,12H2,1H3. The predicted molar refractivity (Wildman–Crippen MR) is 89.3 cm³/mol. The molecule has 8 heteroatoms. The minimum Gasteiger partial charge on any atom is -0.377 e. The van der Waals surface area contributed by atoms with Crippen molar-refractivity contribution in [3.05, 3.63) is 18.0 Å². The van der Waals surface area contributed by atoms with Gasteiger partial charge in [0.15, 0.2) is 0 Å². The summed E-state index contributed by atoms with van der Waals surface area (Å²) in [6, 6.07) is 1.44. The van der Waals surface area contributed by atoms with Crippen molar-refractivity contribution in [2.75, 3.05) is 33.3 Å². The molecule has 1 unspecified atom stereocenters. The fraction of sp³-hybridized carbons (Fsp3) is 0.688. The molecule has 1 atom stereocenters. The van der Waals surface area contributed by atoms with Crippen LogP contribution >= 0.6 is 0 Å². The number of likely N-dealkylation sites (tertiary alicyclic amines) is 1. The molecule has 0 bridgehead atoms. The number of sulfonamides is 1. The van der Waals surface area contributed by atoms with E-state index >= 15 is 0 Å². The molecule has 1 aromatic rings. The first-order chi connectivity index (χ1) is 11.5. The van der Waals surface area contributed by atoms with E-state index in [1.54, 1.807) is 11.9 Å². The Bertz CT molecular complexity index is 673. The fourth-order valence-electron chi connectivity index (χ4n) is 3.25. The lowest BCUT2D eigenvalue weighted by molar-refractivity contribution is 0.00858. The highest BCUT2D eigenvalue weighted by Crippen LogP contribution is 2.20. The van der Waals surface area contributed by atoms with Crippen LogP contribution in [0.25, 0.3) is 0 Å². The van der Waals surface area contributed by atoms with Crippen LogP contribution in [0.4, 0.5) is 0 Å². The number of hydrogen-bond acceptors (Lipinski definition) is 4. The van der Waals surface area contributed by atoms with Crippen molar-refractivity contribution in [3.63, 3.8) is 0 Å². The van der Waals surface area contributed by atoms with Gasteiger partial charge in [0.1, 0.15) is 10.6 Å². The Labute approximate surface area is 143 Å². The Kier molecular flexibility index (Phi) is 5.27. The number of ether oxygens (including phenoxy) is 1. The van der Waals surface area contributed by atoms with Crippen LogP contribution in [-0.4, -0.2) is 67.9 Å². The molecule has 3 rings (SSSR count). The minimum atomic E-state index is -3.62. The fourth-order valence-corrected chi connectivity index (χ4v) is 4.45. The first-order valence-corrected chi connectivity index (χ1v) is 9.98. The van der Waals surface area contributed by atoms with E-state index in [-0.39, 0.29) is 16.9 Å². The zero-order valence-electron chi connectivity index (χ0n) is 14.0. The molecule has 1 amide bonds. The first-order valence-electron chi connectivity index (χ1n) is 8.54. The number of H-pyrrole nitrogens is 1. The van der Waals surface area contributed by atoms with E-state index in [1.165, 1.54) is 16.6 Å². The number of carbonyl (C=O) groups excluding carboxylic acids is 1. The van der Waals surface area contributed by atoms with Crippen LogP contribution in [-0.2, 0) is 14.8 Å². The highest BCUT2D eigenvalue weighted by molar-refractivity contribution is 7.89. The van der Waals surface area contributed by atoms with Crippen molar-refractivity contribution in [3.8, 4) is 0 Å². The molecule has 24 heavy (non-hydrogen) atoms. The normalized spacial score (nSPS) is 22.2. The van der Waals surface area contributed by atoms with Gasteiger partial charge in [-0.2, -0.15) is 4.31 Å². The Hall–Kier alpha value is -1.38. The number of carbonyl (C=O) groups is 1. The summed E-state index contributed by atoms with van der Waals surface area (Å²) in [5.74, 6) is -0.132. The van der Waals surface area contributed by atoms with Crippen molar-refractivity contribution in [1.29, 1.82) is 0 Å². The third-order valence-electron chi connectivity index (χ3n) is 4.72. The van der Waals surface area contributed by atoms with Gasteiger partial charge in [0.05, 0.1) is 6.10 Å². The smallest absolute Gasteiger partial charge is 0.270 e. The van der Waals surface area contributed by atoms with Crippen LogP contribution in [0, 0.1) is 0 Å². The van der Waals surface area contributed by atoms with Crippen molar-refractivity contribution in [2.24, 2.45) is 0 Å². The van der Waals surface area contributed by atoms with E-state index in [2.05, 4.69) is 4.98 Å². The summed E-state index contributed by atoms with van der Waals surface area (Å²) in [6.07, 6.45) is 6.33. The average Bonchev–Trinajstić information content (AvgIpc) is 3.27. The van der Waals surface area contributed by atoms with Crippen LogP contribution in [0.15, 0.2) is 17.2 Å². The lowest BCUT2D eigenvalue weighted by atomic mass is 10.1. The molecule has 2 aliphatic heterocycles. The molecule has 2 aliphatic rings. The average molecular weight is 355 g/mol. The van der Waals surface area contributed by atoms with Gasteiger partial charge in [0.2, 0.25) is 10.0 Å². The maximum Gasteiger partial charge on any atom is 0.270 e. The number of hydrogen-bond donors (Lipinski definition) is 1. The molecule has 1 N–H and O–H groups in total. The van der Waals surface area contributed by atoms with Gasteiger partial charge in [-0.15, -0.1) is 0 Å². The minimum absolute atomic E-state index is 0.0526. The molecule has 2 fully saturated rings. The van der Waals surface area contributed by atoms with Crippen molar-refractivity contribution < 1.29 is 17.9 Å². The largest absolute Gasteiger partial charge is 0.377 e. The van der Waals surface area contributed by atoms with Gasteiger partial charge in [0, 0.05) is 39.5 Å². The van der Waals surface area contributed by atoms with Crippen LogP contribution in [0.5, 0.6) is 0 Å². The molecule has 2 saturated heterocycles. The van der Waals surface area contributed by atoms with Gasteiger partial charge in [-0.1, -0.05) is 0 Å². The molecule has 1 aromatic heterocycles. The maximum atomic E-state index is 12.7. The Balaban J connectivity index is 1.68. The number of nitrogens with zero attached hydrogens (tertiary/aromatic N) is 2. The Morgan fingerprint density at radius 1 is 1.33 bits per heavy atom. The van der Waals surface area contributed by atoms with Crippen LogP contribution < -0.4 is 0 Å². The molecule has 0 radical (unpaired) electrons. The summed E-state index contributed by atoms with van der Waals surface area (Å²) in [6.45, 7) is 2.50. The SMILES string of the molecule is CN(CC1CCCCO1)S(=O)(=O)c1c[nH]c(C(=O)N2CCCC2)c1. The van der Waals surface area contributed by atoms with Crippen LogP contribution in [0.1, 0.15) is 42.6 Å². The third-order valence-corrected chi connectivity index (χ3v) is 6.52. The molecule has 3 heterocycles. The molecule has 0 aromatic carbocycles. The summed E-state index contributed by atoms with van der Waals surface area (Å²) in [5, 5.41) is 0. The van der Waals surface area contributed by atoms with Gasteiger partial charge in [-0.3, -0.25) is 4.79 Å². The van der Waals surface area contributed by atoms with Gasteiger partial charge in [0.25, 0.3) is 5.91 Å².